The molecular weight excluding hydrogens is 218 g/mol. The van der Waals surface area contributed by atoms with E-state index in [0.29, 0.717) is 12.8 Å². The molecule has 2 aliphatic rings. The molecule has 0 spiro atoms. The van der Waals surface area contributed by atoms with Gasteiger partial charge in [-0.3, -0.25) is 9.59 Å². The van der Waals surface area contributed by atoms with Gasteiger partial charge in [-0.15, -0.1) is 0 Å². The highest BCUT2D eigenvalue weighted by Crippen LogP contribution is 2.37. The molecule has 2 saturated carbocycles. The highest BCUT2D eigenvalue weighted by molar-refractivity contribution is 5.81. The third kappa shape index (κ3) is 2.45. The first-order chi connectivity index (χ1) is 8.06. The predicted molar refractivity (Wildman–Crippen MR) is 63.5 cm³/mol. The van der Waals surface area contributed by atoms with E-state index in [4.69, 9.17) is 5.11 Å². The number of hydrogen-bond donors (Lipinski definition) is 2. The maximum atomic E-state index is 12.1. The van der Waals surface area contributed by atoms with Crippen molar-refractivity contribution in [3.05, 3.63) is 0 Å². The van der Waals surface area contributed by atoms with Crippen molar-refractivity contribution in [3.63, 3.8) is 0 Å². The normalized spacial score (nSPS) is 30.6. The number of hydrogen-bond acceptors (Lipinski definition) is 2. The molecule has 0 aromatic heterocycles. The number of nitrogens with one attached hydrogen (secondary N) is 1. The monoisotopic (exact) mass is 239 g/mol. The lowest BCUT2D eigenvalue weighted by molar-refractivity contribution is -0.141. The topological polar surface area (TPSA) is 66.4 Å². The summed E-state index contributed by atoms with van der Waals surface area (Å²) in [6.45, 7) is 2.11. The van der Waals surface area contributed by atoms with E-state index in [1.807, 2.05) is 0 Å². The Hall–Kier alpha value is -1.06. The fourth-order valence-electron chi connectivity index (χ4n) is 2.98. The second-order valence-electron chi connectivity index (χ2n) is 5.52. The Balaban J connectivity index is 1.87. The van der Waals surface area contributed by atoms with E-state index in [9.17, 15) is 9.59 Å². The third-order valence-corrected chi connectivity index (χ3v) is 4.53. The van der Waals surface area contributed by atoms with Crippen LogP contribution in [-0.4, -0.2) is 22.5 Å². The lowest BCUT2D eigenvalue weighted by Crippen LogP contribution is -2.54. The fourth-order valence-corrected chi connectivity index (χ4v) is 2.98. The van der Waals surface area contributed by atoms with Crippen LogP contribution in [0.5, 0.6) is 0 Å². The van der Waals surface area contributed by atoms with Crippen LogP contribution in [0.25, 0.3) is 0 Å². The summed E-state index contributed by atoms with van der Waals surface area (Å²) in [5.41, 5.74) is 0.0262. The number of aliphatic carboxylic acids is 1. The summed E-state index contributed by atoms with van der Waals surface area (Å²) in [5, 5.41) is 12.1. The van der Waals surface area contributed by atoms with Gasteiger partial charge in [0.15, 0.2) is 0 Å². The first-order valence-corrected chi connectivity index (χ1v) is 6.61. The predicted octanol–water partition coefficient (Wildman–Crippen LogP) is 1.94. The maximum absolute atomic E-state index is 12.1. The Bertz CT molecular complexity index is 317. The fraction of sp³-hybridized carbons (Fsp3) is 0.846. The van der Waals surface area contributed by atoms with Crippen molar-refractivity contribution in [2.75, 3.05) is 0 Å². The van der Waals surface area contributed by atoms with Crippen molar-refractivity contribution >= 4 is 11.9 Å². The van der Waals surface area contributed by atoms with E-state index in [0.717, 1.165) is 25.7 Å². The van der Waals surface area contributed by atoms with Gasteiger partial charge in [0.1, 0.15) is 0 Å². The van der Waals surface area contributed by atoms with Gasteiger partial charge in [-0.05, 0) is 44.9 Å². The molecule has 4 heteroatoms. The zero-order chi connectivity index (χ0) is 12.5. The molecular formula is C13H21NO3. The molecule has 17 heavy (non-hydrogen) atoms. The van der Waals surface area contributed by atoms with Crippen LogP contribution in [0.4, 0.5) is 0 Å². The van der Waals surface area contributed by atoms with Crippen LogP contribution in [0.15, 0.2) is 0 Å². The van der Waals surface area contributed by atoms with Crippen LogP contribution in [0.2, 0.25) is 0 Å². The molecule has 2 aliphatic carbocycles. The van der Waals surface area contributed by atoms with Gasteiger partial charge in [0.25, 0.3) is 0 Å². The van der Waals surface area contributed by atoms with Crippen molar-refractivity contribution in [3.8, 4) is 0 Å². The molecule has 2 unspecified atom stereocenters. The summed E-state index contributed by atoms with van der Waals surface area (Å²) in [6.07, 6.45) is 6.20. The van der Waals surface area contributed by atoms with Crippen LogP contribution in [0.3, 0.4) is 0 Å². The van der Waals surface area contributed by atoms with Gasteiger partial charge >= 0.3 is 5.97 Å². The third-order valence-electron chi connectivity index (χ3n) is 4.53. The Labute approximate surface area is 102 Å². The second-order valence-corrected chi connectivity index (χ2v) is 5.52. The summed E-state index contributed by atoms with van der Waals surface area (Å²) in [5.74, 6) is -1.07. The van der Waals surface area contributed by atoms with Crippen LogP contribution in [0, 0.1) is 11.8 Å². The van der Waals surface area contributed by atoms with Crippen molar-refractivity contribution < 1.29 is 14.7 Å². The SMILES string of the molecule is CCC1(NC(=O)C2CCC(C(=O)O)C2)CCC1. The summed E-state index contributed by atoms with van der Waals surface area (Å²) in [7, 11) is 0. The van der Waals surface area contributed by atoms with Crippen LogP contribution in [0.1, 0.15) is 51.9 Å². The smallest absolute Gasteiger partial charge is 0.306 e. The molecule has 2 N–H and O–H groups in total. The van der Waals surface area contributed by atoms with Crippen molar-refractivity contribution in [2.45, 2.75) is 57.4 Å². The molecule has 2 fully saturated rings. The molecule has 0 aromatic rings. The Kier molecular flexibility index (Phi) is 3.40. The first kappa shape index (κ1) is 12.4. The van der Waals surface area contributed by atoms with Crippen molar-refractivity contribution in [1.29, 1.82) is 0 Å². The average Bonchev–Trinajstić information content (AvgIpc) is 2.72. The number of carbonyl (C=O) groups is 2. The summed E-state index contributed by atoms with van der Waals surface area (Å²) < 4.78 is 0. The van der Waals surface area contributed by atoms with Gasteiger partial charge in [-0.1, -0.05) is 6.92 Å². The van der Waals surface area contributed by atoms with Gasteiger partial charge in [-0.25, -0.2) is 0 Å². The van der Waals surface area contributed by atoms with Crippen molar-refractivity contribution in [2.24, 2.45) is 11.8 Å². The number of carboxylic acids is 1. The van der Waals surface area contributed by atoms with Gasteiger partial charge in [-0.2, -0.15) is 0 Å². The molecule has 0 aliphatic heterocycles. The molecule has 4 nitrogen and oxygen atoms in total. The minimum absolute atomic E-state index is 0.0262. The molecule has 0 heterocycles. The Morgan fingerprint density at radius 3 is 2.35 bits per heavy atom. The van der Waals surface area contributed by atoms with E-state index >= 15 is 0 Å². The lowest BCUT2D eigenvalue weighted by atomic mass is 9.74. The van der Waals surface area contributed by atoms with Crippen LogP contribution < -0.4 is 5.32 Å². The zero-order valence-electron chi connectivity index (χ0n) is 10.4. The molecule has 0 aromatic carbocycles. The van der Waals surface area contributed by atoms with E-state index < -0.39 is 5.97 Å². The highest BCUT2D eigenvalue weighted by atomic mass is 16.4. The molecule has 0 radical (unpaired) electrons. The minimum Gasteiger partial charge on any atom is -0.481 e. The molecule has 2 atom stereocenters. The number of carbonyl (C=O) groups excluding carboxylic acids is 1. The van der Waals surface area contributed by atoms with E-state index in [1.54, 1.807) is 0 Å². The number of carboxylic acid groups (broad SMARTS) is 1. The summed E-state index contributed by atoms with van der Waals surface area (Å²) in [4.78, 5) is 22.9. The molecule has 0 bridgehead atoms. The van der Waals surface area contributed by atoms with E-state index in [2.05, 4.69) is 12.2 Å². The van der Waals surface area contributed by atoms with Crippen LogP contribution >= 0.6 is 0 Å². The molecule has 96 valence electrons. The minimum atomic E-state index is -0.755. The standard InChI is InChI=1S/C13H21NO3/c1-2-13(6-3-7-13)14-11(15)9-4-5-10(8-9)12(16)17/h9-10H,2-8H2,1H3,(H,14,15)(H,16,17). The zero-order valence-corrected chi connectivity index (χ0v) is 10.4. The quantitative estimate of drug-likeness (QED) is 0.787. The summed E-state index contributed by atoms with van der Waals surface area (Å²) in [6, 6.07) is 0. The van der Waals surface area contributed by atoms with Gasteiger partial charge < -0.3 is 10.4 Å². The second kappa shape index (κ2) is 4.67. The maximum Gasteiger partial charge on any atom is 0.306 e. The van der Waals surface area contributed by atoms with Gasteiger partial charge in [0, 0.05) is 11.5 Å². The van der Waals surface area contributed by atoms with E-state index in [-0.39, 0.29) is 23.3 Å². The largest absolute Gasteiger partial charge is 0.481 e. The molecule has 1 amide bonds. The number of rotatable bonds is 4. The van der Waals surface area contributed by atoms with Crippen LogP contribution in [-0.2, 0) is 9.59 Å². The van der Waals surface area contributed by atoms with Crippen molar-refractivity contribution in [1.82, 2.24) is 5.32 Å². The Morgan fingerprint density at radius 1 is 1.29 bits per heavy atom. The summed E-state index contributed by atoms with van der Waals surface area (Å²) >= 11 is 0. The highest BCUT2D eigenvalue weighted by Gasteiger charge is 2.40. The number of amides is 1. The van der Waals surface area contributed by atoms with E-state index in [1.165, 1.54) is 6.42 Å². The first-order valence-electron chi connectivity index (χ1n) is 6.61. The average molecular weight is 239 g/mol. The molecule has 0 saturated heterocycles. The van der Waals surface area contributed by atoms with Gasteiger partial charge in [0.05, 0.1) is 5.92 Å². The van der Waals surface area contributed by atoms with Gasteiger partial charge in [0.2, 0.25) is 5.91 Å². The molecule has 2 rings (SSSR count). The lowest BCUT2D eigenvalue weighted by Gasteiger charge is -2.42. The Morgan fingerprint density at radius 2 is 1.94 bits per heavy atom.